The van der Waals surface area contributed by atoms with Gasteiger partial charge in [-0.15, -0.1) is 0 Å². The van der Waals surface area contributed by atoms with E-state index in [1.54, 1.807) is 48.5 Å². The largest absolute Gasteiger partial charge is 0.287 e. The van der Waals surface area contributed by atoms with Gasteiger partial charge in [0.2, 0.25) is 0 Å². The number of hydrogen-bond donors (Lipinski definition) is 2. The third-order valence-corrected chi connectivity index (χ3v) is 3.58. The number of rotatable bonds is 5. The Kier molecular flexibility index (Phi) is 4.16. The molecule has 6 nitrogen and oxygen atoms in total. The molecule has 0 atom stereocenters. The first-order valence-electron chi connectivity index (χ1n) is 7.22. The van der Waals surface area contributed by atoms with Crippen LogP contribution >= 0.6 is 0 Å². The summed E-state index contributed by atoms with van der Waals surface area (Å²) in [6.45, 7) is 0.450. The van der Waals surface area contributed by atoms with Gasteiger partial charge in [-0.25, -0.2) is 5.43 Å². The first-order valence-corrected chi connectivity index (χ1v) is 7.22. The summed E-state index contributed by atoms with van der Waals surface area (Å²) in [5.74, 6) is -0.878. The van der Waals surface area contributed by atoms with Gasteiger partial charge in [0.25, 0.3) is 17.7 Å². The maximum absolute atomic E-state index is 12.1. The zero-order valence-electron chi connectivity index (χ0n) is 12.3. The number of amides is 3. The van der Waals surface area contributed by atoms with Crippen molar-refractivity contribution in [2.24, 2.45) is 0 Å². The van der Waals surface area contributed by atoms with Crippen LogP contribution in [-0.2, 0) is 0 Å². The van der Waals surface area contributed by atoms with E-state index in [9.17, 15) is 14.4 Å². The summed E-state index contributed by atoms with van der Waals surface area (Å²) in [6, 6.07) is 15.5. The highest BCUT2D eigenvalue weighted by molar-refractivity contribution is 6.21. The van der Waals surface area contributed by atoms with E-state index in [1.807, 2.05) is 6.07 Å². The predicted octanol–water partition coefficient (Wildman–Crippen LogP) is 1.22. The van der Waals surface area contributed by atoms with Crippen LogP contribution in [0.1, 0.15) is 31.1 Å². The number of nitrogens with one attached hydrogen (secondary N) is 2. The second-order valence-electron chi connectivity index (χ2n) is 5.05. The van der Waals surface area contributed by atoms with Crippen LogP contribution in [0, 0.1) is 0 Å². The van der Waals surface area contributed by atoms with Crippen LogP contribution in [0.15, 0.2) is 54.6 Å². The van der Waals surface area contributed by atoms with Crippen molar-refractivity contribution >= 4 is 17.7 Å². The number of hydrazine groups is 1. The van der Waals surface area contributed by atoms with Crippen LogP contribution in [-0.4, -0.2) is 35.7 Å². The van der Waals surface area contributed by atoms with E-state index < -0.39 is 0 Å². The van der Waals surface area contributed by atoms with Crippen LogP contribution in [0.2, 0.25) is 0 Å². The van der Waals surface area contributed by atoms with Gasteiger partial charge in [0.15, 0.2) is 0 Å². The quantitative estimate of drug-likeness (QED) is 0.494. The standard InChI is InChI=1S/C17H15N3O3/c21-15(12-6-2-1-3-7-12)19-18-10-11-20-16(22)13-8-4-5-9-14(13)17(20)23/h1-9,18H,10-11H2,(H,19,21). The molecule has 1 aliphatic rings. The van der Waals surface area contributed by atoms with Gasteiger partial charge in [-0.3, -0.25) is 24.7 Å². The molecule has 3 rings (SSSR count). The topological polar surface area (TPSA) is 78.5 Å². The van der Waals surface area contributed by atoms with Crippen LogP contribution in [0.4, 0.5) is 0 Å². The van der Waals surface area contributed by atoms with E-state index >= 15 is 0 Å². The third-order valence-electron chi connectivity index (χ3n) is 3.58. The molecular weight excluding hydrogens is 294 g/mol. The molecule has 23 heavy (non-hydrogen) atoms. The van der Waals surface area contributed by atoms with E-state index in [2.05, 4.69) is 10.9 Å². The van der Waals surface area contributed by atoms with Crippen LogP contribution in [0.25, 0.3) is 0 Å². The Labute approximate surface area is 133 Å². The highest BCUT2D eigenvalue weighted by atomic mass is 16.2. The van der Waals surface area contributed by atoms with Crippen LogP contribution in [0.5, 0.6) is 0 Å². The number of imide groups is 1. The maximum atomic E-state index is 12.1. The Morgan fingerprint density at radius 2 is 1.43 bits per heavy atom. The Bertz CT molecular complexity index is 724. The molecule has 0 radical (unpaired) electrons. The lowest BCUT2D eigenvalue weighted by Gasteiger charge is -2.14. The summed E-state index contributed by atoms with van der Waals surface area (Å²) in [5.41, 5.74) is 6.64. The molecule has 3 amide bonds. The predicted molar refractivity (Wildman–Crippen MR) is 83.7 cm³/mol. The van der Waals surface area contributed by atoms with E-state index in [-0.39, 0.29) is 30.8 Å². The Balaban J connectivity index is 1.52. The monoisotopic (exact) mass is 309 g/mol. The second-order valence-corrected chi connectivity index (χ2v) is 5.05. The minimum Gasteiger partial charge on any atom is -0.287 e. The summed E-state index contributed by atoms with van der Waals surface area (Å²) in [6.07, 6.45) is 0. The van der Waals surface area contributed by atoms with E-state index in [0.29, 0.717) is 16.7 Å². The highest BCUT2D eigenvalue weighted by Gasteiger charge is 2.34. The Morgan fingerprint density at radius 3 is 2.04 bits per heavy atom. The first-order chi connectivity index (χ1) is 11.2. The Morgan fingerprint density at radius 1 is 0.870 bits per heavy atom. The molecule has 116 valence electrons. The smallest absolute Gasteiger partial charge is 0.265 e. The molecule has 0 fully saturated rings. The molecule has 0 saturated carbocycles. The number of carbonyl (C=O) groups excluding carboxylic acids is 3. The van der Waals surface area contributed by atoms with Crippen molar-refractivity contribution in [3.05, 3.63) is 71.3 Å². The SMILES string of the molecule is O=C(NNCCN1C(=O)c2ccccc2C1=O)c1ccccc1. The normalized spacial score (nSPS) is 13.1. The summed E-state index contributed by atoms with van der Waals surface area (Å²) < 4.78 is 0. The molecule has 1 aliphatic heterocycles. The van der Waals surface area contributed by atoms with Gasteiger partial charge in [0.05, 0.1) is 11.1 Å². The summed E-state index contributed by atoms with van der Waals surface area (Å²) in [5, 5.41) is 0. The van der Waals surface area contributed by atoms with E-state index in [4.69, 9.17) is 0 Å². The summed E-state index contributed by atoms with van der Waals surface area (Å²) in [7, 11) is 0. The minimum absolute atomic E-state index is 0.182. The first kappa shape index (κ1) is 14.9. The van der Waals surface area contributed by atoms with Crippen molar-refractivity contribution in [1.82, 2.24) is 15.8 Å². The second kappa shape index (κ2) is 6.41. The molecule has 0 saturated heterocycles. The average molecular weight is 309 g/mol. The minimum atomic E-state index is -0.304. The number of benzene rings is 2. The molecule has 0 aromatic heterocycles. The van der Waals surface area contributed by atoms with Crippen molar-refractivity contribution in [3.8, 4) is 0 Å². The van der Waals surface area contributed by atoms with Gasteiger partial charge in [-0.1, -0.05) is 30.3 Å². The van der Waals surface area contributed by atoms with Crippen molar-refractivity contribution in [2.75, 3.05) is 13.1 Å². The molecule has 6 heteroatoms. The molecule has 0 unspecified atom stereocenters. The number of fused-ring (bicyclic) bond motifs is 1. The summed E-state index contributed by atoms with van der Waals surface area (Å²) >= 11 is 0. The highest BCUT2D eigenvalue weighted by Crippen LogP contribution is 2.21. The number of nitrogens with zero attached hydrogens (tertiary/aromatic N) is 1. The molecule has 1 heterocycles. The molecule has 0 bridgehead atoms. The van der Waals surface area contributed by atoms with Crippen molar-refractivity contribution in [3.63, 3.8) is 0 Å². The van der Waals surface area contributed by atoms with Crippen LogP contribution in [0.3, 0.4) is 0 Å². The number of carbonyl (C=O) groups is 3. The molecule has 0 spiro atoms. The van der Waals surface area contributed by atoms with Gasteiger partial charge in [-0.05, 0) is 24.3 Å². The zero-order chi connectivity index (χ0) is 16.2. The van der Waals surface area contributed by atoms with Gasteiger partial charge in [0, 0.05) is 18.7 Å². The Hall–Kier alpha value is -2.99. The third kappa shape index (κ3) is 2.97. The average Bonchev–Trinajstić information content (AvgIpc) is 2.84. The van der Waals surface area contributed by atoms with Gasteiger partial charge >= 0.3 is 0 Å². The fourth-order valence-corrected chi connectivity index (χ4v) is 2.41. The zero-order valence-corrected chi connectivity index (χ0v) is 12.3. The van der Waals surface area contributed by atoms with Crippen molar-refractivity contribution in [2.45, 2.75) is 0 Å². The lowest BCUT2D eigenvalue weighted by Crippen LogP contribution is -2.43. The lowest BCUT2D eigenvalue weighted by atomic mass is 10.1. The molecular formula is C17H15N3O3. The molecule has 2 aromatic carbocycles. The van der Waals surface area contributed by atoms with E-state index in [0.717, 1.165) is 0 Å². The maximum Gasteiger partial charge on any atom is 0.265 e. The van der Waals surface area contributed by atoms with Gasteiger partial charge < -0.3 is 0 Å². The number of hydrogen-bond acceptors (Lipinski definition) is 4. The fraction of sp³-hybridized carbons (Fsp3) is 0.118. The molecule has 2 N–H and O–H groups in total. The fourth-order valence-electron chi connectivity index (χ4n) is 2.41. The molecule has 0 aliphatic carbocycles. The summed E-state index contributed by atoms with van der Waals surface area (Å²) in [4.78, 5) is 37.3. The van der Waals surface area contributed by atoms with Crippen LogP contribution < -0.4 is 10.9 Å². The van der Waals surface area contributed by atoms with E-state index in [1.165, 1.54) is 4.90 Å². The molecule has 2 aromatic rings. The lowest BCUT2D eigenvalue weighted by molar-refractivity contribution is 0.0654. The van der Waals surface area contributed by atoms with Gasteiger partial charge in [0.1, 0.15) is 0 Å². The van der Waals surface area contributed by atoms with Crippen molar-refractivity contribution < 1.29 is 14.4 Å². The van der Waals surface area contributed by atoms with Gasteiger partial charge in [-0.2, -0.15) is 0 Å². The van der Waals surface area contributed by atoms with Crippen molar-refractivity contribution in [1.29, 1.82) is 0 Å².